The monoisotopic (exact) mass is 258 g/mol. The van der Waals surface area contributed by atoms with Crippen LogP contribution in [0, 0.1) is 10.1 Å². The molecule has 0 heterocycles. The minimum Gasteiger partial charge on any atom is -0.282 e. The Kier molecular flexibility index (Phi) is 5.24. The standard InChI is InChI=1S/C6H5NO5S2.Na/c8-7(9)5-3-4(14(10,11)12)1-2-6(5)13;/h1-3,13H,(H,10,11,12);. The summed E-state index contributed by atoms with van der Waals surface area (Å²) in [4.78, 5) is 9.10. The zero-order valence-corrected chi connectivity index (χ0v) is 11.3. The number of benzene rings is 1. The summed E-state index contributed by atoms with van der Waals surface area (Å²) in [5.74, 6) is 0. The van der Waals surface area contributed by atoms with Gasteiger partial charge in [-0.2, -0.15) is 8.42 Å². The number of hydrogen-bond donors (Lipinski definition) is 2. The van der Waals surface area contributed by atoms with Crippen molar-refractivity contribution in [3.8, 4) is 0 Å². The molecule has 0 amide bonds. The molecule has 0 atom stereocenters. The van der Waals surface area contributed by atoms with Crippen molar-refractivity contribution in [2.45, 2.75) is 9.79 Å². The maximum absolute atomic E-state index is 10.6. The molecule has 0 aliphatic carbocycles. The number of nitrogens with zero attached hydrogens (tertiary/aromatic N) is 1. The van der Waals surface area contributed by atoms with Crippen LogP contribution >= 0.6 is 12.6 Å². The van der Waals surface area contributed by atoms with Crippen LogP contribution in [0.25, 0.3) is 0 Å². The molecule has 9 heteroatoms. The van der Waals surface area contributed by atoms with Gasteiger partial charge in [0, 0.05) is 35.6 Å². The first-order valence-electron chi connectivity index (χ1n) is 3.27. The normalized spacial score (nSPS) is 10.5. The third-order valence-corrected chi connectivity index (χ3v) is 2.67. The zero-order valence-electron chi connectivity index (χ0n) is 7.61. The first-order chi connectivity index (χ1) is 6.32. The molecule has 0 aromatic heterocycles. The van der Waals surface area contributed by atoms with Gasteiger partial charge in [0.15, 0.2) is 0 Å². The Morgan fingerprint density at radius 2 is 1.93 bits per heavy atom. The van der Waals surface area contributed by atoms with Crippen LogP contribution in [-0.2, 0) is 10.1 Å². The number of rotatable bonds is 2. The Bertz CT molecular complexity index is 486. The summed E-state index contributed by atoms with van der Waals surface area (Å²) in [6.45, 7) is 0. The van der Waals surface area contributed by atoms with E-state index in [-0.39, 0.29) is 34.5 Å². The summed E-state index contributed by atoms with van der Waals surface area (Å²) in [5.41, 5.74) is -0.469. The van der Waals surface area contributed by atoms with Crippen LogP contribution in [0.2, 0.25) is 0 Å². The van der Waals surface area contributed by atoms with Gasteiger partial charge < -0.3 is 0 Å². The Morgan fingerprint density at radius 1 is 1.40 bits per heavy atom. The van der Waals surface area contributed by atoms with Crippen LogP contribution in [0.3, 0.4) is 0 Å². The largest absolute Gasteiger partial charge is 0.294 e. The van der Waals surface area contributed by atoms with E-state index in [2.05, 4.69) is 12.6 Å². The van der Waals surface area contributed by atoms with Crippen molar-refractivity contribution in [2.24, 2.45) is 0 Å². The molecule has 0 fully saturated rings. The summed E-state index contributed by atoms with van der Waals surface area (Å²) in [5, 5.41) is 10.4. The Hall–Kier alpha value is -0.120. The first-order valence-corrected chi connectivity index (χ1v) is 5.16. The summed E-state index contributed by atoms with van der Waals surface area (Å²) < 4.78 is 29.9. The molecule has 0 aliphatic heterocycles. The molecule has 0 aliphatic rings. The van der Waals surface area contributed by atoms with Gasteiger partial charge in [0.25, 0.3) is 15.8 Å². The van der Waals surface area contributed by atoms with Gasteiger partial charge in [0.1, 0.15) is 4.90 Å². The van der Waals surface area contributed by atoms with E-state index >= 15 is 0 Å². The van der Waals surface area contributed by atoms with Gasteiger partial charge in [-0.25, -0.2) is 0 Å². The van der Waals surface area contributed by atoms with E-state index in [0.717, 1.165) is 18.2 Å². The molecule has 0 spiro atoms. The van der Waals surface area contributed by atoms with Crippen molar-refractivity contribution in [3.63, 3.8) is 0 Å². The summed E-state index contributed by atoms with van der Waals surface area (Å²) in [7, 11) is -4.41. The Morgan fingerprint density at radius 3 is 2.33 bits per heavy atom. The van der Waals surface area contributed by atoms with Crippen molar-refractivity contribution in [3.05, 3.63) is 28.3 Å². The van der Waals surface area contributed by atoms with Crippen LogP contribution in [0.1, 0.15) is 0 Å². The predicted octanol–water partition coefficient (Wildman–Crippen LogP) is 0.749. The van der Waals surface area contributed by atoms with E-state index in [4.69, 9.17) is 4.55 Å². The van der Waals surface area contributed by atoms with Crippen LogP contribution in [0.4, 0.5) is 5.69 Å². The Balaban J connectivity index is 0.00000196. The van der Waals surface area contributed by atoms with Gasteiger partial charge in [-0.3, -0.25) is 14.7 Å². The molecule has 0 saturated carbocycles. The summed E-state index contributed by atoms with van der Waals surface area (Å²) in [6.07, 6.45) is 0. The van der Waals surface area contributed by atoms with E-state index in [1.54, 1.807) is 0 Å². The molecule has 1 aromatic carbocycles. The zero-order chi connectivity index (χ0) is 10.9. The van der Waals surface area contributed by atoms with E-state index in [9.17, 15) is 18.5 Å². The minimum absolute atomic E-state index is 0. The fourth-order valence-electron chi connectivity index (χ4n) is 0.810. The molecule has 15 heavy (non-hydrogen) atoms. The second kappa shape index (κ2) is 5.28. The van der Waals surface area contributed by atoms with Gasteiger partial charge in [0.2, 0.25) is 0 Å². The molecule has 1 N–H and O–H groups in total. The molecule has 0 saturated heterocycles. The van der Waals surface area contributed by atoms with Crippen molar-refractivity contribution >= 4 is 58.0 Å². The number of hydrogen-bond acceptors (Lipinski definition) is 5. The van der Waals surface area contributed by atoms with Crippen LogP contribution < -0.4 is 0 Å². The molecule has 1 rings (SSSR count). The molecule has 1 radical (unpaired) electrons. The van der Waals surface area contributed by atoms with Gasteiger partial charge in [-0.05, 0) is 12.1 Å². The average Bonchev–Trinajstić information content (AvgIpc) is 2.02. The first kappa shape index (κ1) is 14.9. The molecule has 0 bridgehead atoms. The van der Waals surface area contributed by atoms with E-state index in [0.29, 0.717) is 0 Å². The Labute approximate surface area is 113 Å². The SMILES string of the molecule is O=[N+]([O-])c1cc(S(=O)(=O)O)ccc1S.[Na]. The summed E-state index contributed by atoms with van der Waals surface area (Å²) >= 11 is 3.76. The average molecular weight is 258 g/mol. The minimum atomic E-state index is -4.41. The van der Waals surface area contributed by atoms with Gasteiger partial charge in [-0.15, -0.1) is 12.6 Å². The third-order valence-electron chi connectivity index (χ3n) is 1.44. The maximum Gasteiger partial charge on any atom is 0.294 e. The molecule has 1 aromatic rings. The van der Waals surface area contributed by atoms with Gasteiger partial charge in [-0.1, -0.05) is 0 Å². The number of thiol groups is 1. The number of nitro benzene ring substituents is 1. The van der Waals surface area contributed by atoms with E-state index in [1.807, 2.05) is 0 Å². The van der Waals surface area contributed by atoms with Crippen molar-refractivity contribution in [2.75, 3.05) is 0 Å². The van der Waals surface area contributed by atoms with Crippen molar-refractivity contribution in [1.82, 2.24) is 0 Å². The van der Waals surface area contributed by atoms with Gasteiger partial charge in [0.05, 0.1) is 9.82 Å². The number of nitro groups is 1. The quantitative estimate of drug-likeness (QED) is 0.268. The molecule has 6 nitrogen and oxygen atoms in total. The smallest absolute Gasteiger partial charge is 0.282 e. The molecule has 77 valence electrons. The third kappa shape index (κ3) is 3.74. The van der Waals surface area contributed by atoms with Gasteiger partial charge >= 0.3 is 0 Å². The molecular formula is C6H5NNaO5S2. The van der Waals surface area contributed by atoms with Crippen molar-refractivity contribution in [1.29, 1.82) is 0 Å². The summed E-state index contributed by atoms with van der Waals surface area (Å²) in [6, 6.07) is 2.91. The van der Waals surface area contributed by atoms with Crippen molar-refractivity contribution < 1.29 is 17.9 Å². The topological polar surface area (TPSA) is 97.5 Å². The fourth-order valence-corrected chi connectivity index (χ4v) is 1.53. The van der Waals surface area contributed by atoms with E-state index in [1.165, 1.54) is 0 Å². The molecule has 0 unspecified atom stereocenters. The molecular weight excluding hydrogens is 253 g/mol. The van der Waals surface area contributed by atoms with Crippen LogP contribution in [0.5, 0.6) is 0 Å². The van der Waals surface area contributed by atoms with Crippen LogP contribution in [-0.4, -0.2) is 47.5 Å². The predicted molar refractivity (Wildman–Crippen MR) is 55.9 cm³/mol. The van der Waals surface area contributed by atoms with E-state index < -0.39 is 25.6 Å². The fraction of sp³-hybridized carbons (Fsp3) is 0. The second-order valence-corrected chi connectivity index (χ2v) is 4.29. The second-order valence-electron chi connectivity index (χ2n) is 2.38. The van der Waals surface area contributed by atoms with Crippen LogP contribution in [0.15, 0.2) is 28.0 Å². The maximum atomic E-state index is 10.6.